The van der Waals surface area contributed by atoms with E-state index in [1.165, 1.54) is 7.11 Å². The van der Waals surface area contributed by atoms with Gasteiger partial charge in [-0.3, -0.25) is 0 Å². The summed E-state index contributed by atoms with van der Waals surface area (Å²) in [6.07, 6.45) is -0.978. The lowest BCUT2D eigenvalue weighted by atomic mass is 9.87. The summed E-state index contributed by atoms with van der Waals surface area (Å²) in [5.41, 5.74) is 5.77. The van der Waals surface area contributed by atoms with Crippen LogP contribution in [0.3, 0.4) is 0 Å². The summed E-state index contributed by atoms with van der Waals surface area (Å²) in [5.74, 6) is -1.47. The first kappa shape index (κ1) is 23.8. The maximum atomic E-state index is 13.1. The van der Waals surface area contributed by atoms with Gasteiger partial charge in [0, 0.05) is 31.1 Å². The lowest BCUT2D eigenvalue weighted by Gasteiger charge is -2.34. The fourth-order valence-corrected chi connectivity index (χ4v) is 4.92. The first-order valence-corrected chi connectivity index (χ1v) is 11.4. The van der Waals surface area contributed by atoms with Gasteiger partial charge in [-0.1, -0.05) is 29.8 Å². The molecule has 7 heteroatoms. The number of likely N-dealkylation sites (N-methyl/N-ethyl adjacent to an activating group) is 1. The van der Waals surface area contributed by atoms with Crippen molar-refractivity contribution in [2.75, 3.05) is 25.6 Å². The van der Waals surface area contributed by atoms with Crippen LogP contribution in [0.5, 0.6) is 0 Å². The number of aromatic carboxylic acids is 1. The second-order valence-electron chi connectivity index (χ2n) is 9.93. The molecule has 34 heavy (non-hydrogen) atoms. The highest BCUT2D eigenvalue weighted by Crippen LogP contribution is 2.47. The van der Waals surface area contributed by atoms with Crippen molar-refractivity contribution >= 4 is 28.5 Å². The highest BCUT2D eigenvalue weighted by atomic mass is 16.6. The van der Waals surface area contributed by atoms with Crippen LogP contribution in [0.1, 0.15) is 54.1 Å². The van der Waals surface area contributed by atoms with Crippen LogP contribution < -0.4 is 4.90 Å². The van der Waals surface area contributed by atoms with E-state index < -0.39 is 23.6 Å². The molecular weight excluding hydrogens is 432 g/mol. The molecule has 1 atom stereocenters. The lowest BCUT2D eigenvalue weighted by Crippen LogP contribution is -2.32. The Morgan fingerprint density at radius 2 is 1.74 bits per heavy atom. The van der Waals surface area contributed by atoms with E-state index in [4.69, 9.17) is 9.47 Å². The van der Waals surface area contributed by atoms with Gasteiger partial charge in [0.15, 0.2) is 6.10 Å². The third-order valence-corrected chi connectivity index (χ3v) is 6.37. The molecule has 1 N–H and O–H groups in total. The summed E-state index contributed by atoms with van der Waals surface area (Å²) >= 11 is 0. The van der Waals surface area contributed by atoms with Crippen LogP contribution in [0.25, 0.3) is 22.0 Å². The molecule has 0 saturated carbocycles. The zero-order chi connectivity index (χ0) is 24.9. The minimum absolute atomic E-state index is 0.237. The van der Waals surface area contributed by atoms with Crippen molar-refractivity contribution < 1.29 is 24.2 Å². The molecule has 0 bridgehead atoms. The van der Waals surface area contributed by atoms with E-state index in [-0.39, 0.29) is 5.69 Å². The number of carbonyl (C=O) groups excluding carboxylic acids is 1. The maximum absolute atomic E-state index is 13.1. The second-order valence-corrected chi connectivity index (χ2v) is 9.93. The molecule has 0 amide bonds. The minimum Gasteiger partial charge on any atom is -0.477 e. The number of rotatable bonds is 5. The van der Waals surface area contributed by atoms with Crippen molar-refractivity contribution in [2.45, 2.75) is 52.9 Å². The van der Waals surface area contributed by atoms with Crippen LogP contribution in [0, 0.1) is 13.8 Å². The molecule has 1 aliphatic heterocycles. The van der Waals surface area contributed by atoms with Crippen LogP contribution >= 0.6 is 0 Å². The molecular formula is C27H32N2O5. The number of ether oxygens (including phenoxy) is 2. The molecule has 0 radical (unpaired) electrons. The summed E-state index contributed by atoms with van der Waals surface area (Å²) < 4.78 is 13.4. The highest BCUT2D eigenvalue weighted by molar-refractivity contribution is 6.10. The number of hydrogen-bond donors (Lipinski definition) is 1. The number of esters is 1. The monoisotopic (exact) mass is 464 g/mol. The van der Waals surface area contributed by atoms with E-state index in [0.29, 0.717) is 18.7 Å². The number of aryl methyl sites for hydroxylation is 1. The number of aromatic nitrogens is 1. The van der Waals surface area contributed by atoms with Gasteiger partial charge in [0.25, 0.3) is 0 Å². The summed E-state index contributed by atoms with van der Waals surface area (Å²) in [6, 6.07) is 9.76. The fraction of sp³-hybridized carbons (Fsp3) is 0.407. The Hall–Kier alpha value is -3.32. The molecule has 2 heterocycles. The molecule has 0 spiro atoms. The molecule has 0 fully saturated rings. The Balaban J connectivity index is 2.19. The molecule has 7 nitrogen and oxygen atoms in total. The van der Waals surface area contributed by atoms with Gasteiger partial charge in [-0.15, -0.1) is 0 Å². The SMILES string of the molecule is COC(=O)[C@@H](OC(C)(C)C)c1c(C)c2c3c(cc(C(=O)O)n3CCN2C)c1-c1ccc(C)cc1. The Morgan fingerprint density at radius 1 is 1.09 bits per heavy atom. The Kier molecular flexibility index (Phi) is 5.94. The summed E-state index contributed by atoms with van der Waals surface area (Å²) in [4.78, 5) is 27.4. The first-order chi connectivity index (χ1) is 15.9. The topological polar surface area (TPSA) is 81.0 Å². The lowest BCUT2D eigenvalue weighted by molar-refractivity contribution is -0.164. The molecule has 4 rings (SSSR count). The van der Waals surface area contributed by atoms with Gasteiger partial charge in [-0.25, -0.2) is 9.59 Å². The Morgan fingerprint density at radius 3 is 2.29 bits per heavy atom. The van der Waals surface area contributed by atoms with Gasteiger partial charge in [0.2, 0.25) is 0 Å². The predicted octanol–water partition coefficient (Wildman–Crippen LogP) is 5.10. The number of benzene rings is 2. The number of carboxylic acid groups (broad SMARTS) is 1. The van der Waals surface area contributed by atoms with Crippen LogP contribution in [0.4, 0.5) is 5.69 Å². The molecule has 3 aromatic rings. The number of anilines is 1. The van der Waals surface area contributed by atoms with Gasteiger partial charge < -0.3 is 24.0 Å². The maximum Gasteiger partial charge on any atom is 0.352 e. The van der Waals surface area contributed by atoms with Crippen molar-refractivity contribution in [1.29, 1.82) is 0 Å². The molecule has 2 aromatic carbocycles. The standard InChI is InChI=1S/C27H32N2O5/c1-15-8-10-17(11-9-15)21-18-14-19(25(30)31)29-13-12-28(6)22(23(18)29)16(2)20(21)24(26(32)33-7)34-27(3,4)5/h8-11,14,24H,12-13H2,1-7H3,(H,30,31)/t24-/m0/s1. The Labute approximate surface area is 199 Å². The smallest absolute Gasteiger partial charge is 0.352 e. The predicted molar refractivity (Wildman–Crippen MR) is 133 cm³/mol. The van der Waals surface area contributed by atoms with E-state index in [9.17, 15) is 14.7 Å². The number of methoxy groups -OCH3 is 1. The molecule has 0 aliphatic carbocycles. The van der Waals surface area contributed by atoms with Gasteiger partial charge in [-0.05, 0) is 57.4 Å². The fourth-order valence-electron chi connectivity index (χ4n) is 4.92. The number of nitrogens with zero attached hydrogens (tertiary/aromatic N) is 2. The average molecular weight is 465 g/mol. The summed E-state index contributed by atoms with van der Waals surface area (Å²) in [7, 11) is 3.35. The van der Waals surface area contributed by atoms with Crippen LogP contribution in [0.15, 0.2) is 30.3 Å². The van der Waals surface area contributed by atoms with E-state index in [2.05, 4.69) is 4.90 Å². The molecule has 0 unspecified atom stereocenters. The van der Waals surface area contributed by atoms with Crippen LogP contribution in [0.2, 0.25) is 0 Å². The number of carboxylic acids is 1. The molecule has 1 aromatic heterocycles. The third kappa shape index (κ3) is 3.94. The van der Waals surface area contributed by atoms with Gasteiger partial charge in [-0.2, -0.15) is 0 Å². The van der Waals surface area contributed by atoms with Crippen LogP contribution in [-0.2, 0) is 20.8 Å². The van der Waals surface area contributed by atoms with Crippen molar-refractivity contribution in [3.8, 4) is 11.1 Å². The van der Waals surface area contributed by atoms with Crippen molar-refractivity contribution in [2.24, 2.45) is 0 Å². The third-order valence-electron chi connectivity index (χ3n) is 6.37. The van der Waals surface area contributed by atoms with E-state index in [1.807, 2.05) is 70.5 Å². The molecule has 1 aliphatic rings. The van der Waals surface area contributed by atoms with E-state index >= 15 is 0 Å². The zero-order valence-corrected chi connectivity index (χ0v) is 20.9. The summed E-state index contributed by atoms with van der Waals surface area (Å²) in [5, 5.41) is 10.8. The summed E-state index contributed by atoms with van der Waals surface area (Å²) in [6.45, 7) is 10.9. The quantitative estimate of drug-likeness (QED) is 0.529. The van der Waals surface area contributed by atoms with Gasteiger partial charge in [0.05, 0.1) is 23.9 Å². The normalized spacial score (nSPS) is 14.4. The van der Waals surface area contributed by atoms with Gasteiger partial charge in [0.1, 0.15) is 5.69 Å². The highest BCUT2D eigenvalue weighted by Gasteiger charge is 2.36. The molecule has 0 saturated heterocycles. The van der Waals surface area contributed by atoms with E-state index in [1.54, 1.807) is 6.07 Å². The largest absolute Gasteiger partial charge is 0.477 e. The Bertz CT molecular complexity index is 1280. The minimum atomic E-state index is -0.978. The number of hydrogen-bond acceptors (Lipinski definition) is 5. The van der Waals surface area contributed by atoms with Crippen molar-refractivity contribution in [1.82, 2.24) is 4.57 Å². The average Bonchev–Trinajstić information content (AvgIpc) is 3.15. The van der Waals surface area contributed by atoms with E-state index in [0.717, 1.165) is 38.8 Å². The second kappa shape index (κ2) is 8.47. The molecule has 180 valence electrons. The van der Waals surface area contributed by atoms with Crippen molar-refractivity contribution in [3.63, 3.8) is 0 Å². The van der Waals surface area contributed by atoms with Crippen LogP contribution in [-0.4, -0.2) is 47.9 Å². The van der Waals surface area contributed by atoms with Crippen molar-refractivity contribution in [3.05, 3.63) is 52.7 Å². The zero-order valence-electron chi connectivity index (χ0n) is 20.9. The first-order valence-electron chi connectivity index (χ1n) is 11.4. The van der Waals surface area contributed by atoms with Gasteiger partial charge >= 0.3 is 11.9 Å². The number of carbonyl (C=O) groups is 2.